The molecule has 36 heavy (non-hydrogen) atoms. The average Bonchev–Trinajstić information content (AvgIpc) is 3.45. The Hall–Kier alpha value is -4.30. The quantitative estimate of drug-likeness (QED) is 0.174. The number of thiazole rings is 1. The van der Waals surface area contributed by atoms with Crippen molar-refractivity contribution in [3.8, 4) is 0 Å². The molecule has 0 aliphatic carbocycles. The highest BCUT2D eigenvalue weighted by molar-refractivity contribution is 7.22. The largest absolute Gasteiger partial charge is 0.507 e. The monoisotopic (exact) mass is 498 g/mol. The molecule has 1 aromatic heterocycles. The van der Waals surface area contributed by atoms with E-state index < -0.39 is 23.7 Å². The molecule has 1 aliphatic rings. The van der Waals surface area contributed by atoms with Crippen molar-refractivity contribution in [3.05, 3.63) is 101 Å². The number of methoxy groups -OCH3 is 1. The van der Waals surface area contributed by atoms with Crippen LogP contribution >= 0.6 is 11.3 Å². The molecule has 1 amide bonds. The number of amides is 1. The lowest BCUT2D eigenvalue weighted by Gasteiger charge is -2.23. The van der Waals surface area contributed by atoms with Crippen molar-refractivity contribution in [1.29, 1.82) is 0 Å². The molecule has 180 valence electrons. The molecule has 1 aliphatic heterocycles. The molecule has 2 heterocycles. The number of rotatable bonds is 5. The van der Waals surface area contributed by atoms with Gasteiger partial charge in [0.2, 0.25) is 0 Å². The molecule has 5 rings (SSSR count). The fourth-order valence-corrected chi connectivity index (χ4v) is 5.35. The summed E-state index contributed by atoms with van der Waals surface area (Å²) in [4.78, 5) is 44.6. The van der Waals surface area contributed by atoms with Gasteiger partial charge in [-0.15, -0.1) is 0 Å². The lowest BCUT2D eigenvalue weighted by Crippen LogP contribution is -2.29. The highest BCUT2D eigenvalue weighted by Gasteiger charge is 2.48. The summed E-state index contributed by atoms with van der Waals surface area (Å²) in [6, 6.07) is 20.0. The molecule has 4 aromatic rings. The number of aliphatic hydroxyl groups excluding tert-OH is 1. The first kappa shape index (κ1) is 23.4. The number of carbonyl (C=O) groups is 3. The summed E-state index contributed by atoms with van der Waals surface area (Å²) in [5.41, 5.74) is 3.12. The number of aromatic nitrogens is 1. The molecule has 0 spiro atoms. The van der Waals surface area contributed by atoms with Gasteiger partial charge in [-0.3, -0.25) is 14.5 Å². The van der Waals surface area contributed by atoms with E-state index in [9.17, 15) is 19.5 Å². The zero-order valence-corrected chi connectivity index (χ0v) is 20.4. The Morgan fingerprint density at radius 1 is 1.03 bits per heavy atom. The SMILES string of the molecule is CCc1ccc2nc(N3C(=O)C(=O)/C(=C(/O)c4ccccc4)C3c3ccc(C(=O)OC)cc3)sc2c1. The minimum absolute atomic E-state index is 0.0366. The number of Topliss-reactive ketones (excluding diaryl/α,β-unsaturated/α-hetero) is 1. The molecule has 8 heteroatoms. The molecular formula is C28H22N2O5S. The van der Waals surface area contributed by atoms with Gasteiger partial charge >= 0.3 is 11.9 Å². The van der Waals surface area contributed by atoms with E-state index in [1.807, 2.05) is 18.2 Å². The first-order chi connectivity index (χ1) is 17.4. The van der Waals surface area contributed by atoms with E-state index in [0.29, 0.717) is 21.8 Å². The van der Waals surface area contributed by atoms with Crippen LogP contribution < -0.4 is 4.90 Å². The zero-order valence-electron chi connectivity index (χ0n) is 19.6. The summed E-state index contributed by atoms with van der Waals surface area (Å²) < 4.78 is 5.68. The van der Waals surface area contributed by atoms with Gasteiger partial charge in [-0.25, -0.2) is 9.78 Å². The average molecular weight is 499 g/mol. The highest BCUT2D eigenvalue weighted by Crippen LogP contribution is 2.44. The molecular weight excluding hydrogens is 476 g/mol. The normalized spacial score (nSPS) is 17.1. The lowest BCUT2D eigenvalue weighted by molar-refractivity contribution is -0.132. The number of aryl methyl sites for hydroxylation is 1. The van der Waals surface area contributed by atoms with Crippen molar-refractivity contribution in [1.82, 2.24) is 4.98 Å². The maximum Gasteiger partial charge on any atom is 0.337 e. The number of aliphatic hydroxyl groups is 1. The summed E-state index contributed by atoms with van der Waals surface area (Å²) in [6.07, 6.45) is 0.858. The number of benzene rings is 3. The summed E-state index contributed by atoms with van der Waals surface area (Å²) >= 11 is 1.31. The molecule has 1 unspecified atom stereocenters. The number of carbonyl (C=O) groups excluding carboxylic acids is 3. The van der Waals surface area contributed by atoms with Crippen molar-refractivity contribution in [2.24, 2.45) is 0 Å². The van der Waals surface area contributed by atoms with Crippen molar-refractivity contribution >= 4 is 50.1 Å². The Bertz CT molecular complexity index is 1520. The number of nitrogens with zero attached hydrogens (tertiary/aromatic N) is 2. The Kier molecular flexibility index (Phi) is 6.12. The fraction of sp³-hybridized carbons (Fsp3) is 0.143. The van der Waals surface area contributed by atoms with Crippen LogP contribution in [0.1, 0.15) is 40.0 Å². The third-order valence-corrected chi connectivity index (χ3v) is 7.21. The van der Waals surface area contributed by atoms with Crippen LogP contribution in [0, 0.1) is 0 Å². The van der Waals surface area contributed by atoms with Crippen molar-refractivity contribution in [2.75, 3.05) is 12.0 Å². The Morgan fingerprint density at radius 2 is 1.75 bits per heavy atom. The van der Waals surface area contributed by atoms with Gasteiger partial charge in [-0.1, -0.05) is 66.8 Å². The molecule has 7 nitrogen and oxygen atoms in total. The van der Waals surface area contributed by atoms with E-state index in [0.717, 1.165) is 22.2 Å². The molecule has 1 saturated heterocycles. The first-order valence-electron chi connectivity index (χ1n) is 11.4. The molecule has 0 saturated carbocycles. The Morgan fingerprint density at radius 3 is 2.42 bits per heavy atom. The molecule has 1 fully saturated rings. The number of hydrogen-bond donors (Lipinski definition) is 1. The van der Waals surface area contributed by atoms with E-state index in [2.05, 4.69) is 11.9 Å². The lowest BCUT2D eigenvalue weighted by atomic mass is 9.95. The minimum atomic E-state index is -0.928. The van der Waals surface area contributed by atoms with Gasteiger partial charge in [0.05, 0.1) is 34.5 Å². The molecule has 1 N–H and O–H groups in total. The van der Waals surface area contributed by atoms with E-state index in [1.165, 1.54) is 23.3 Å². The third kappa shape index (κ3) is 3.95. The summed E-state index contributed by atoms with van der Waals surface area (Å²) in [6.45, 7) is 2.06. The number of fused-ring (bicyclic) bond motifs is 1. The van der Waals surface area contributed by atoms with Gasteiger partial charge in [0.25, 0.3) is 5.78 Å². The van der Waals surface area contributed by atoms with Crippen LogP contribution in [-0.4, -0.2) is 34.9 Å². The van der Waals surface area contributed by atoms with Gasteiger partial charge in [-0.05, 0) is 41.8 Å². The number of hydrogen-bond acceptors (Lipinski definition) is 7. The van der Waals surface area contributed by atoms with Crippen molar-refractivity contribution in [3.63, 3.8) is 0 Å². The standard InChI is InChI=1S/C28H22N2O5S/c1-3-16-9-14-20-21(15-16)36-28(29-20)30-23(17-10-12-19(13-11-17)27(34)35-2)22(25(32)26(30)33)24(31)18-7-5-4-6-8-18/h4-15,23,31H,3H2,1-2H3/b24-22+. The van der Waals surface area contributed by atoms with Crippen LogP contribution in [0.4, 0.5) is 5.13 Å². The highest BCUT2D eigenvalue weighted by atomic mass is 32.1. The van der Waals surface area contributed by atoms with Gasteiger partial charge < -0.3 is 9.84 Å². The molecule has 3 aromatic carbocycles. The van der Waals surface area contributed by atoms with Crippen LogP contribution in [0.5, 0.6) is 0 Å². The fourth-order valence-electron chi connectivity index (χ4n) is 4.30. The number of ether oxygens (including phenoxy) is 1. The van der Waals surface area contributed by atoms with E-state index >= 15 is 0 Å². The summed E-state index contributed by atoms with van der Waals surface area (Å²) in [5.74, 6) is -2.35. The van der Waals surface area contributed by atoms with Gasteiger partial charge in [0, 0.05) is 5.56 Å². The summed E-state index contributed by atoms with van der Waals surface area (Å²) in [5, 5.41) is 11.5. The smallest absolute Gasteiger partial charge is 0.337 e. The minimum Gasteiger partial charge on any atom is -0.507 e. The van der Waals surface area contributed by atoms with Crippen LogP contribution in [0.15, 0.2) is 78.4 Å². The van der Waals surface area contributed by atoms with Crippen LogP contribution in [0.25, 0.3) is 16.0 Å². The first-order valence-corrected chi connectivity index (χ1v) is 12.2. The second kappa shape index (κ2) is 9.39. The topological polar surface area (TPSA) is 96.8 Å². The molecule has 1 atom stereocenters. The zero-order chi connectivity index (χ0) is 25.4. The van der Waals surface area contributed by atoms with Gasteiger partial charge in [-0.2, -0.15) is 0 Å². The maximum absolute atomic E-state index is 13.4. The predicted octanol–water partition coefficient (Wildman–Crippen LogP) is 5.27. The van der Waals surface area contributed by atoms with E-state index in [-0.39, 0.29) is 11.3 Å². The Balaban J connectivity index is 1.70. The van der Waals surface area contributed by atoms with Crippen molar-refractivity contribution in [2.45, 2.75) is 19.4 Å². The second-order valence-corrected chi connectivity index (χ2v) is 9.31. The predicted molar refractivity (Wildman–Crippen MR) is 138 cm³/mol. The molecule has 0 radical (unpaired) electrons. The number of anilines is 1. The van der Waals surface area contributed by atoms with Gasteiger partial charge in [0.15, 0.2) is 5.13 Å². The third-order valence-electron chi connectivity index (χ3n) is 6.20. The number of esters is 1. The number of ketones is 1. The van der Waals surface area contributed by atoms with Gasteiger partial charge in [0.1, 0.15) is 5.76 Å². The van der Waals surface area contributed by atoms with E-state index in [4.69, 9.17) is 4.74 Å². The van der Waals surface area contributed by atoms with E-state index in [1.54, 1.807) is 54.6 Å². The molecule has 0 bridgehead atoms. The Labute approximate surface area is 211 Å². The maximum atomic E-state index is 13.4. The second-order valence-electron chi connectivity index (χ2n) is 8.30. The van der Waals surface area contributed by atoms with Crippen molar-refractivity contribution < 1.29 is 24.2 Å². The van der Waals surface area contributed by atoms with Crippen LogP contribution in [0.2, 0.25) is 0 Å². The van der Waals surface area contributed by atoms with Crippen LogP contribution in [0.3, 0.4) is 0 Å². The van der Waals surface area contributed by atoms with Crippen LogP contribution in [-0.2, 0) is 20.7 Å². The summed E-state index contributed by atoms with van der Waals surface area (Å²) in [7, 11) is 1.29.